The number of nitrogens with zero attached hydrogens (tertiary/aromatic N) is 2. The molecular formula is C24H24BrN3O4. The number of hydrogen-bond acceptors (Lipinski definition) is 4. The van der Waals surface area contributed by atoms with Crippen molar-refractivity contribution in [1.82, 2.24) is 14.8 Å². The van der Waals surface area contributed by atoms with Crippen molar-refractivity contribution in [2.75, 3.05) is 18.5 Å². The number of phenols is 1. The minimum Gasteiger partial charge on any atom is -0.508 e. The van der Waals surface area contributed by atoms with Gasteiger partial charge in [0.1, 0.15) is 23.1 Å². The molecule has 0 bridgehead atoms. The maximum absolute atomic E-state index is 13.5. The Morgan fingerprint density at radius 1 is 1.25 bits per heavy atom. The molecule has 3 aromatic rings. The van der Waals surface area contributed by atoms with E-state index in [1.807, 2.05) is 38.1 Å². The number of hydrogen-bond donors (Lipinski definition) is 2. The van der Waals surface area contributed by atoms with Crippen molar-refractivity contribution in [2.45, 2.75) is 31.8 Å². The number of ether oxygens (including phenoxy) is 1. The maximum atomic E-state index is 13.5. The van der Waals surface area contributed by atoms with Crippen molar-refractivity contribution in [3.63, 3.8) is 0 Å². The largest absolute Gasteiger partial charge is 0.508 e. The molecule has 0 spiro atoms. The lowest BCUT2D eigenvalue weighted by molar-refractivity contribution is -0.133. The van der Waals surface area contributed by atoms with Crippen molar-refractivity contribution >= 4 is 38.8 Å². The SMILES string of the molecule is CCOc1ccc2[nH]c3c(c2c1)CC1(C)C(=O)N(CCBr)C(=O)N1C3c1cccc(O)c1. The van der Waals surface area contributed by atoms with Gasteiger partial charge in [-0.3, -0.25) is 14.6 Å². The zero-order valence-electron chi connectivity index (χ0n) is 17.9. The molecule has 3 amide bonds. The number of aromatic amines is 1. The van der Waals surface area contributed by atoms with Crippen LogP contribution in [0, 0.1) is 0 Å². The summed E-state index contributed by atoms with van der Waals surface area (Å²) in [6.07, 6.45) is 0.399. The van der Waals surface area contributed by atoms with Gasteiger partial charge in [0, 0.05) is 34.9 Å². The number of carbonyl (C=O) groups excluding carboxylic acids is 2. The molecule has 3 heterocycles. The molecule has 0 saturated carbocycles. The number of alkyl halides is 1. The molecule has 1 saturated heterocycles. The number of imide groups is 1. The summed E-state index contributed by atoms with van der Waals surface area (Å²) in [4.78, 5) is 33.5. The first-order chi connectivity index (χ1) is 15.4. The molecule has 5 rings (SSSR count). The molecular weight excluding hydrogens is 474 g/mol. The van der Waals surface area contributed by atoms with E-state index in [-0.39, 0.29) is 17.7 Å². The average molecular weight is 498 g/mol. The van der Waals surface area contributed by atoms with E-state index in [4.69, 9.17) is 4.74 Å². The van der Waals surface area contributed by atoms with Gasteiger partial charge in [0.25, 0.3) is 5.91 Å². The predicted molar refractivity (Wildman–Crippen MR) is 124 cm³/mol. The summed E-state index contributed by atoms with van der Waals surface area (Å²) >= 11 is 3.36. The quantitative estimate of drug-likeness (QED) is 0.405. The summed E-state index contributed by atoms with van der Waals surface area (Å²) in [5.41, 5.74) is 2.49. The van der Waals surface area contributed by atoms with Gasteiger partial charge in [-0.2, -0.15) is 0 Å². The molecule has 2 aromatic carbocycles. The van der Waals surface area contributed by atoms with Gasteiger partial charge in [0.05, 0.1) is 6.61 Å². The first-order valence-corrected chi connectivity index (χ1v) is 11.8. The fraction of sp³-hybridized carbons (Fsp3) is 0.333. The molecule has 166 valence electrons. The van der Waals surface area contributed by atoms with E-state index in [1.165, 1.54) is 4.90 Å². The number of halogens is 1. The van der Waals surface area contributed by atoms with Crippen LogP contribution >= 0.6 is 15.9 Å². The van der Waals surface area contributed by atoms with E-state index in [9.17, 15) is 14.7 Å². The molecule has 0 radical (unpaired) electrons. The van der Waals surface area contributed by atoms with Crippen molar-refractivity contribution in [3.8, 4) is 11.5 Å². The Morgan fingerprint density at radius 3 is 2.78 bits per heavy atom. The highest BCUT2D eigenvalue weighted by atomic mass is 79.9. The summed E-state index contributed by atoms with van der Waals surface area (Å²) in [5, 5.41) is 11.7. The van der Waals surface area contributed by atoms with E-state index in [0.29, 0.717) is 24.9 Å². The van der Waals surface area contributed by atoms with E-state index in [2.05, 4.69) is 20.9 Å². The molecule has 1 aromatic heterocycles. The molecule has 7 nitrogen and oxygen atoms in total. The van der Waals surface area contributed by atoms with E-state index in [0.717, 1.165) is 33.5 Å². The van der Waals surface area contributed by atoms with Gasteiger partial charge in [0.15, 0.2) is 0 Å². The first-order valence-electron chi connectivity index (χ1n) is 10.7. The molecule has 0 aliphatic carbocycles. The van der Waals surface area contributed by atoms with Crippen LogP contribution in [0.5, 0.6) is 11.5 Å². The Labute approximate surface area is 194 Å². The third-order valence-electron chi connectivity index (χ3n) is 6.44. The zero-order valence-corrected chi connectivity index (χ0v) is 19.5. The van der Waals surface area contributed by atoms with Crippen LogP contribution in [-0.2, 0) is 11.2 Å². The number of urea groups is 1. The predicted octanol–water partition coefficient (Wildman–Crippen LogP) is 4.34. The molecule has 8 heteroatoms. The van der Waals surface area contributed by atoms with Gasteiger partial charge >= 0.3 is 6.03 Å². The Hall–Kier alpha value is -3.00. The van der Waals surface area contributed by atoms with Crippen LogP contribution < -0.4 is 4.74 Å². The molecule has 2 aliphatic rings. The summed E-state index contributed by atoms with van der Waals surface area (Å²) in [6, 6.07) is 11.9. The number of carbonyl (C=O) groups is 2. The Balaban J connectivity index is 1.76. The average Bonchev–Trinajstić information content (AvgIpc) is 3.21. The molecule has 2 aliphatic heterocycles. The van der Waals surface area contributed by atoms with Crippen molar-refractivity contribution < 1.29 is 19.4 Å². The molecule has 2 atom stereocenters. The number of aromatic nitrogens is 1. The lowest BCUT2D eigenvalue weighted by Crippen LogP contribution is -2.53. The topological polar surface area (TPSA) is 85.9 Å². The minimum absolute atomic E-state index is 0.112. The number of fused-ring (bicyclic) bond motifs is 4. The van der Waals surface area contributed by atoms with Crippen LogP contribution in [0.3, 0.4) is 0 Å². The standard InChI is InChI=1S/C24H24BrN3O4/c1-3-32-16-7-8-19-17(12-16)18-13-24(2)22(30)27(10-9-25)23(31)28(24)21(20(18)26-19)14-5-4-6-15(29)11-14/h4-8,11-12,21,26,29H,3,9-10,13H2,1-2H3. The van der Waals surface area contributed by atoms with Gasteiger partial charge in [-0.1, -0.05) is 28.1 Å². The van der Waals surface area contributed by atoms with E-state index >= 15 is 0 Å². The second-order valence-corrected chi connectivity index (χ2v) is 9.20. The van der Waals surface area contributed by atoms with Crippen LogP contribution in [0.15, 0.2) is 42.5 Å². The number of benzene rings is 2. The van der Waals surface area contributed by atoms with Crippen molar-refractivity contribution in [1.29, 1.82) is 0 Å². The Kier molecular flexibility index (Phi) is 4.93. The van der Waals surface area contributed by atoms with Crippen LogP contribution in [0.4, 0.5) is 4.79 Å². The number of phenolic OH excluding ortho intramolecular Hbond substituents is 1. The molecule has 32 heavy (non-hydrogen) atoms. The number of amides is 3. The first kappa shape index (κ1) is 20.9. The monoisotopic (exact) mass is 497 g/mol. The smallest absolute Gasteiger partial charge is 0.328 e. The third kappa shape index (κ3) is 2.92. The fourth-order valence-electron chi connectivity index (χ4n) is 5.07. The Morgan fingerprint density at radius 2 is 2.06 bits per heavy atom. The molecule has 2 N–H and O–H groups in total. The normalized spacial score (nSPS) is 22.4. The van der Waals surface area contributed by atoms with E-state index < -0.39 is 11.6 Å². The fourth-order valence-corrected chi connectivity index (χ4v) is 5.43. The summed E-state index contributed by atoms with van der Waals surface area (Å²) < 4.78 is 5.71. The van der Waals surface area contributed by atoms with Gasteiger partial charge in [-0.25, -0.2) is 4.79 Å². The highest BCUT2D eigenvalue weighted by Crippen LogP contribution is 2.49. The van der Waals surface area contributed by atoms with E-state index in [1.54, 1.807) is 23.1 Å². The second-order valence-electron chi connectivity index (χ2n) is 8.40. The van der Waals surface area contributed by atoms with Gasteiger partial charge in [0.2, 0.25) is 0 Å². The maximum Gasteiger partial charge on any atom is 0.328 e. The zero-order chi connectivity index (χ0) is 22.6. The lowest BCUT2D eigenvalue weighted by Gasteiger charge is -2.42. The summed E-state index contributed by atoms with van der Waals surface area (Å²) in [6.45, 7) is 4.64. The lowest BCUT2D eigenvalue weighted by atomic mass is 9.81. The van der Waals surface area contributed by atoms with Gasteiger partial charge < -0.3 is 14.8 Å². The number of rotatable bonds is 5. The summed E-state index contributed by atoms with van der Waals surface area (Å²) in [5.74, 6) is 0.674. The van der Waals surface area contributed by atoms with Crippen LogP contribution in [-0.4, -0.2) is 55.8 Å². The van der Waals surface area contributed by atoms with Gasteiger partial charge in [-0.05, 0) is 55.3 Å². The molecule has 1 fully saturated rings. The highest BCUT2D eigenvalue weighted by Gasteiger charge is 2.60. The highest BCUT2D eigenvalue weighted by molar-refractivity contribution is 9.09. The minimum atomic E-state index is -1.03. The molecule has 2 unspecified atom stereocenters. The number of nitrogens with one attached hydrogen (secondary N) is 1. The number of H-pyrrole nitrogens is 1. The van der Waals surface area contributed by atoms with Gasteiger partial charge in [-0.15, -0.1) is 0 Å². The van der Waals surface area contributed by atoms with Crippen molar-refractivity contribution in [3.05, 3.63) is 59.3 Å². The van der Waals surface area contributed by atoms with Crippen LogP contribution in [0.1, 0.15) is 36.7 Å². The summed E-state index contributed by atoms with van der Waals surface area (Å²) in [7, 11) is 0. The van der Waals surface area contributed by atoms with Crippen LogP contribution in [0.2, 0.25) is 0 Å². The number of aromatic hydroxyl groups is 1. The Bertz CT molecular complexity index is 1240. The third-order valence-corrected chi connectivity index (χ3v) is 6.80. The van der Waals surface area contributed by atoms with Crippen LogP contribution in [0.25, 0.3) is 10.9 Å². The second kappa shape index (κ2) is 7.55. The van der Waals surface area contributed by atoms with Crippen molar-refractivity contribution in [2.24, 2.45) is 0 Å².